The van der Waals surface area contributed by atoms with Gasteiger partial charge < -0.3 is 5.32 Å². The third-order valence-corrected chi connectivity index (χ3v) is 7.11. The first-order chi connectivity index (χ1) is 14.2. The molecular weight excluding hydrogens is 467 g/mol. The number of hydrogen-bond acceptors (Lipinski definition) is 3. The Morgan fingerprint density at radius 2 is 1.53 bits per heavy atom. The van der Waals surface area contributed by atoms with Crippen LogP contribution in [0.15, 0.2) is 71.6 Å². The first kappa shape index (κ1) is 22.4. The molecule has 0 aliphatic heterocycles. The van der Waals surface area contributed by atoms with E-state index in [2.05, 4.69) is 5.32 Å². The van der Waals surface area contributed by atoms with Crippen molar-refractivity contribution in [2.24, 2.45) is 0 Å². The highest BCUT2D eigenvalue weighted by molar-refractivity contribution is 7.92. The number of halogens is 3. The Hall–Kier alpha value is -2.25. The number of sulfonamides is 1. The molecule has 9 heteroatoms. The van der Waals surface area contributed by atoms with Gasteiger partial charge in [-0.15, -0.1) is 0 Å². The van der Waals surface area contributed by atoms with E-state index in [9.17, 15) is 13.2 Å². The van der Waals surface area contributed by atoms with E-state index in [1.807, 2.05) is 0 Å². The monoisotopic (exact) mass is 482 g/mol. The highest BCUT2D eigenvalue weighted by Crippen LogP contribution is 2.31. The number of rotatable bonds is 6. The summed E-state index contributed by atoms with van der Waals surface area (Å²) < 4.78 is 27.6. The number of nitrogens with one attached hydrogen (secondary N) is 1. The molecule has 30 heavy (non-hydrogen) atoms. The quantitative estimate of drug-likeness (QED) is 0.482. The third kappa shape index (κ3) is 4.90. The van der Waals surface area contributed by atoms with Gasteiger partial charge >= 0.3 is 0 Å². The van der Waals surface area contributed by atoms with Gasteiger partial charge in [-0.3, -0.25) is 9.10 Å². The van der Waals surface area contributed by atoms with E-state index in [-0.39, 0.29) is 26.3 Å². The molecule has 0 unspecified atom stereocenters. The Bertz CT molecular complexity index is 1170. The fraction of sp³-hybridized carbons (Fsp3) is 0.0952. The summed E-state index contributed by atoms with van der Waals surface area (Å²) in [6, 6.07) is 17.4. The lowest BCUT2D eigenvalue weighted by atomic mass is 10.2. The lowest BCUT2D eigenvalue weighted by Gasteiger charge is -2.24. The molecule has 1 N–H and O–H groups in total. The summed E-state index contributed by atoms with van der Waals surface area (Å²) in [6.07, 6.45) is 0. The smallest absolute Gasteiger partial charge is 0.264 e. The van der Waals surface area contributed by atoms with E-state index in [4.69, 9.17) is 34.8 Å². The van der Waals surface area contributed by atoms with Crippen LogP contribution in [0.2, 0.25) is 15.1 Å². The SMILES string of the molecule is Cc1ccc(N(CC(=O)Nc2c(Cl)cccc2Cl)S(=O)(=O)c2ccccc2)cc1Cl. The maximum atomic E-state index is 13.3. The standard InChI is InChI=1S/C21H17Cl3N2O3S/c1-14-10-11-15(12-19(14)24)26(30(28,29)16-6-3-2-4-7-16)13-20(27)25-21-17(22)8-5-9-18(21)23/h2-12H,13H2,1H3,(H,25,27). The molecule has 0 aromatic heterocycles. The van der Waals surface area contributed by atoms with Crippen molar-refractivity contribution in [3.8, 4) is 0 Å². The molecule has 3 aromatic rings. The van der Waals surface area contributed by atoms with E-state index in [1.165, 1.54) is 18.2 Å². The number of carbonyl (C=O) groups is 1. The topological polar surface area (TPSA) is 66.5 Å². The van der Waals surface area contributed by atoms with Gasteiger partial charge in [-0.25, -0.2) is 8.42 Å². The number of anilines is 2. The zero-order valence-corrected chi connectivity index (χ0v) is 18.9. The van der Waals surface area contributed by atoms with Gasteiger partial charge in [0.1, 0.15) is 6.54 Å². The Balaban J connectivity index is 1.99. The van der Waals surface area contributed by atoms with Crippen molar-refractivity contribution in [3.05, 3.63) is 87.4 Å². The van der Waals surface area contributed by atoms with Gasteiger partial charge in [0.2, 0.25) is 5.91 Å². The molecule has 156 valence electrons. The lowest BCUT2D eigenvalue weighted by molar-refractivity contribution is -0.114. The Labute approximate surface area is 190 Å². The van der Waals surface area contributed by atoms with Crippen molar-refractivity contribution in [2.75, 3.05) is 16.2 Å². The van der Waals surface area contributed by atoms with E-state index >= 15 is 0 Å². The largest absolute Gasteiger partial charge is 0.322 e. The fourth-order valence-electron chi connectivity index (χ4n) is 2.70. The van der Waals surface area contributed by atoms with Gasteiger partial charge in [0.05, 0.1) is 26.3 Å². The molecular formula is C21H17Cl3N2O3S. The summed E-state index contributed by atoms with van der Waals surface area (Å²) in [6.45, 7) is 1.30. The summed E-state index contributed by atoms with van der Waals surface area (Å²) in [7, 11) is -4.04. The number of hydrogen-bond donors (Lipinski definition) is 1. The van der Waals surface area contributed by atoms with E-state index in [0.717, 1.165) is 9.87 Å². The van der Waals surface area contributed by atoms with Crippen molar-refractivity contribution in [1.29, 1.82) is 0 Å². The van der Waals surface area contributed by atoms with Gasteiger partial charge in [0, 0.05) is 5.02 Å². The second kappa shape index (κ2) is 9.27. The van der Waals surface area contributed by atoms with Crippen molar-refractivity contribution in [1.82, 2.24) is 0 Å². The van der Waals surface area contributed by atoms with E-state index in [1.54, 1.807) is 55.5 Å². The number of carbonyl (C=O) groups excluding carboxylic acids is 1. The zero-order valence-electron chi connectivity index (χ0n) is 15.8. The molecule has 1 amide bonds. The Morgan fingerprint density at radius 3 is 2.13 bits per heavy atom. The summed E-state index contributed by atoms with van der Waals surface area (Å²) in [5.74, 6) is -0.610. The average molecular weight is 484 g/mol. The van der Waals surface area contributed by atoms with Gasteiger partial charge in [0.25, 0.3) is 10.0 Å². The van der Waals surface area contributed by atoms with Crippen LogP contribution in [0.1, 0.15) is 5.56 Å². The molecule has 0 atom stereocenters. The van der Waals surface area contributed by atoms with Crippen LogP contribution in [0.4, 0.5) is 11.4 Å². The van der Waals surface area contributed by atoms with Crippen LogP contribution in [0.3, 0.4) is 0 Å². The fourth-order valence-corrected chi connectivity index (χ4v) is 4.80. The minimum Gasteiger partial charge on any atom is -0.322 e. The first-order valence-electron chi connectivity index (χ1n) is 8.78. The van der Waals surface area contributed by atoms with E-state index in [0.29, 0.717) is 5.02 Å². The molecule has 5 nitrogen and oxygen atoms in total. The summed E-state index contributed by atoms with van der Waals surface area (Å²) in [5, 5.41) is 3.46. The molecule has 0 fully saturated rings. The third-order valence-electron chi connectivity index (χ3n) is 4.29. The minimum atomic E-state index is -4.04. The molecule has 0 aliphatic carbocycles. The van der Waals surface area contributed by atoms with Crippen LogP contribution in [0.5, 0.6) is 0 Å². The number of aryl methyl sites for hydroxylation is 1. The summed E-state index contributed by atoms with van der Waals surface area (Å²) in [5.41, 5.74) is 1.25. The number of benzene rings is 3. The van der Waals surface area contributed by atoms with Gasteiger partial charge in [-0.05, 0) is 48.9 Å². The predicted octanol–water partition coefficient (Wildman–Crippen LogP) is 5.79. The van der Waals surface area contributed by atoms with Crippen LogP contribution in [0.25, 0.3) is 0 Å². The predicted molar refractivity (Wildman–Crippen MR) is 122 cm³/mol. The number of nitrogens with zero attached hydrogens (tertiary/aromatic N) is 1. The maximum Gasteiger partial charge on any atom is 0.264 e. The van der Waals surface area contributed by atoms with Gasteiger partial charge in [-0.2, -0.15) is 0 Å². The number of amides is 1. The van der Waals surface area contributed by atoms with Crippen LogP contribution in [0, 0.1) is 6.92 Å². The molecule has 0 aliphatic rings. The Kier molecular flexibility index (Phi) is 6.93. The van der Waals surface area contributed by atoms with Crippen LogP contribution < -0.4 is 9.62 Å². The molecule has 3 aromatic carbocycles. The Morgan fingerprint density at radius 1 is 0.900 bits per heavy atom. The van der Waals surface area contributed by atoms with Crippen molar-refractivity contribution in [3.63, 3.8) is 0 Å². The minimum absolute atomic E-state index is 0.0465. The highest BCUT2D eigenvalue weighted by atomic mass is 35.5. The second-order valence-electron chi connectivity index (χ2n) is 6.40. The molecule has 0 heterocycles. The molecule has 0 saturated carbocycles. The zero-order chi connectivity index (χ0) is 21.9. The molecule has 0 saturated heterocycles. The van der Waals surface area contributed by atoms with Crippen LogP contribution in [-0.2, 0) is 14.8 Å². The maximum absolute atomic E-state index is 13.3. The van der Waals surface area contributed by atoms with Crippen LogP contribution in [-0.4, -0.2) is 20.9 Å². The normalized spacial score (nSPS) is 11.2. The molecule has 0 radical (unpaired) electrons. The number of para-hydroxylation sites is 1. The molecule has 0 spiro atoms. The van der Waals surface area contributed by atoms with E-state index < -0.39 is 22.5 Å². The van der Waals surface area contributed by atoms with Gasteiger partial charge in [-0.1, -0.05) is 65.1 Å². The van der Waals surface area contributed by atoms with Crippen LogP contribution >= 0.6 is 34.8 Å². The summed E-state index contributed by atoms with van der Waals surface area (Å²) in [4.78, 5) is 12.8. The van der Waals surface area contributed by atoms with Crippen molar-refractivity contribution >= 4 is 62.1 Å². The first-order valence-corrected chi connectivity index (χ1v) is 11.4. The van der Waals surface area contributed by atoms with Gasteiger partial charge in [0.15, 0.2) is 0 Å². The van der Waals surface area contributed by atoms with Crippen molar-refractivity contribution in [2.45, 2.75) is 11.8 Å². The van der Waals surface area contributed by atoms with Crippen molar-refractivity contribution < 1.29 is 13.2 Å². The lowest BCUT2D eigenvalue weighted by Crippen LogP contribution is -2.38. The molecule has 3 rings (SSSR count). The average Bonchev–Trinajstić information content (AvgIpc) is 2.72. The summed E-state index contributed by atoms with van der Waals surface area (Å²) >= 11 is 18.4. The highest BCUT2D eigenvalue weighted by Gasteiger charge is 2.28. The second-order valence-corrected chi connectivity index (χ2v) is 9.49. The molecule has 0 bridgehead atoms.